The van der Waals surface area contributed by atoms with Gasteiger partial charge in [0.15, 0.2) is 0 Å². The number of rotatable bonds is 4. The van der Waals surface area contributed by atoms with Crippen LogP contribution in [0.25, 0.3) is 0 Å². The molecule has 0 aromatic carbocycles. The zero-order valence-corrected chi connectivity index (χ0v) is 10.6. The van der Waals surface area contributed by atoms with Crippen LogP contribution in [0.5, 0.6) is 0 Å². The van der Waals surface area contributed by atoms with Crippen molar-refractivity contribution in [2.24, 2.45) is 0 Å². The Balaban J connectivity index is 1.94. The molecule has 90 valence electrons. The van der Waals surface area contributed by atoms with Crippen molar-refractivity contribution in [2.45, 2.75) is 19.9 Å². The van der Waals surface area contributed by atoms with E-state index >= 15 is 0 Å². The SMILES string of the molecule is CCNCc1coc(N2CCCSCC2)n1. The second kappa shape index (κ2) is 6.15. The van der Waals surface area contributed by atoms with Crippen molar-refractivity contribution in [1.29, 1.82) is 0 Å². The molecule has 2 rings (SSSR count). The fraction of sp³-hybridized carbons (Fsp3) is 0.727. The Bertz CT molecular complexity index is 308. The third-order valence-electron chi connectivity index (χ3n) is 2.59. The molecule has 0 saturated carbocycles. The first-order chi connectivity index (χ1) is 7.90. The Kier molecular flexibility index (Phi) is 4.54. The summed E-state index contributed by atoms with van der Waals surface area (Å²) in [6, 6.07) is 0.787. The molecule has 1 N–H and O–H groups in total. The topological polar surface area (TPSA) is 41.3 Å². The second-order valence-electron chi connectivity index (χ2n) is 3.85. The minimum atomic E-state index is 0.787. The van der Waals surface area contributed by atoms with Crippen LogP contribution < -0.4 is 10.2 Å². The van der Waals surface area contributed by atoms with Gasteiger partial charge in [0.25, 0.3) is 6.01 Å². The highest BCUT2D eigenvalue weighted by Gasteiger charge is 2.14. The molecular weight excluding hydrogens is 222 g/mol. The first-order valence-electron chi connectivity index (χ1n) is 5.88. The molecule has 0 aliphatic carbocycles. The molecular formula is C11H19N3OS. The molecule has 16 heavy (non-hydrogen) atoms. The second-order valence-corrected chi connectivity index (χ2v) is 5.08. The highest BCUT2D eigenvalue weighted by Crippen LogP contribution is 2.18. The van der Waals surface area contributed by atoms with Crippen molar-refractivity contribution in [2.75, 3.05) is 36.0 Å². The molecule has 5 heteroatoms. The molecule has 0 radical (unpaired) electrons. The number of nitrogens with one attached hydrogen (secondary N) is 1. The molecule has 2 heterocycles. The predicted octanol–water partition coefficient (Wildman–Crippen LogP) is 1.73. The molecule has 1 saturated heterocycles. The van der Waals surface area contributed by atoms with Gasteiger partial charge in [-0.05, 0) is 18.7 Å². The number of oxazole rings is 1. The van der Waals surface area contributed by atoms with Gasteiger partial charge in [0.05, 0.1) is 5.69 Å². The number of aromatic nitrogens is 1. The van der Waals surface area contributed by atoms with Crippen LogP contribution in [0.3, 0.4) is 0 Å². The molecule has 0 amide bonds. The molecule has 1 aliphatic rings. The summed E-state index contributed by atoms with van der Waals surface area (Å²) in [6.07, 6.45) is 2.98. The van der Waals surface area contributed by atoms with E-state index in [-0.39, 0.29) is 0 Å². The fourth-order valence-corrected chi connectivity index (χ4v) is 2.60. The summed E-state index contributed by atoms with van der Waals surface area (Å²) in [7, 11) is 0. The normalized spacial score (nSPS) is 17.4. The van der Waals surface area contributed by atoms with Crippen LogP contribution in [0.2, 0.25) is 0 Å². The average Bonchev–Trinajstić information content (AvgIpc) is 2.60. The lowest BCUT2D eigenvalue weighted by Crippen LogP contribution is -2.25. The van der Waals surface area contributed by atoms with Gasteiger partial charge >= 0.3 is 0 Å². The van der Waals surface area contributed by atoms with Crippen LogP contribution in [-0.2, 0) is 6.54 Å². The van der Waals surface area contributed by atoms with E-state index in [1.807, 2.05) is 11.8 Å². The highest BCUT2D eigenvalue weighted by molar-refractivity contribution is 7.99. The number of thioether (sulfide) groups is 1. The van der Waals surface area contributed by atoms with Crippen LogP contribution in [0, 0.1) is 0 Å². The van der Waals surface area contributed by atoms with Crippen molar-refractivity contribution in [3.63, 3.8) is 0 Å². The van der Waals surface area contributed by atoms with E-state index in [0.717, 1.165) is 37.9 Å². The Morgan fingerprint density at radius 3 is 3.31 bits per heavy atom. The van der Waals surface area contributed by atoms with Gasteiger partial charge in [-0.3, -0.25) is 0 Å². The number of hydrogen-bond acceptors (Lipinski definition) is 5. The van der Waals surface area contributed by atoms with E-state index in [4.69, 9.17) is 4.42 Å². The number of anilines is 1. The highest BCUT2D eigenvalue weighted by atomic mass is 32.2. The van der Waals surface area contributed by atoms with Crippen molar-refractivity contribution >= 4 is 17.8 Å². The summed E-state index contributed by atoms with van der Waals surface area (Å²) in [4.78, 5) is 6.75. The summed E-state index contributed by atoms with van der Waals surface area (Å²) in [5.74, 6) is 2.42. The van der Waals surface area contributed by atoms with Gasteiger partial charge in [-0.25, -0.2) is 0 Å². The first kappa shape index (κ1) is 11.8. The maximum Gasteiger partial charge on any atom is 0.297 e. The van der Waals surface area contributed by atoms with Gasteiger partial charge in [0.2, 0.25) is 0 Å². The summed E-state index contributed by atoms with van der Waals surface area (Å²) >= 11 is 2.01. The van der Waals surface area contributed by atoms with Crippen molar-refractivity contribution in [1.82, 2.24) is 10.3 Å². The first-order valence-corrected chi connectivity index (χ1v) is 7.03. The van der Waals surface area contributed by atoms with Crippen LogP contribution in [-0.4, -0.2) is 36.1 Å². The summed E-state index contributed by atoms with van der Waals surface area (Å²) < 4.78 is 5.52. The monoisotopic (exact) mass is 241 g/mol. The van der Waals surface area contributed by atoms with Crippen LogP contribution >= 0.6 is 11.8 Å². The van der Waals surface area contributed by atoms with Gasteiger partial charge in [-0.2, -0.15) is 16.7 Å². The van der Waals surface area contributed by atoms with Gasteiger partial charge in [0.1, 0.15) is 6.26 Å². The Morgan fingerprint density at radius 2 is 2.44 bits per heavy atom. The van der Waals surface area contributed by atoms with Crippen molar-refractivity contribution in [3.05, 3.63) is 12.0 Å². The van der Waals surface area contributed by atoms with Gasteiger partial charge in [-0.1, -0.05) is 6.92 Å². The maximum atomic E-state index is 5.52. The van der Waals surface area contributed by atoms with Crippen molar-refractivity contribution in [3.8, 4) is 0 Å². The molecule has 0 unspecified atom stereocenters. The molecule has 0 atom stereocenters. The quantitative estimate of drug-likeness (QED) is 0.869. The Labute approximate surface area is 101 Å². The van der Waals surface area contributed by atoms with E-state index in [9.17, 15) is 0 Å². The zero-order valence-electron chi connectivity index (χ0n) is 9.74. The largest absolute Gasteiger partial charge is 0.432 e. The van der Waals surface area contributed by atoms with Gasteiger partial charge in [-0.15, -0.1) is 0 Å². The molecule has 4 nitrogen and oxygen atoms in total. The lowest BCUT2D eigenvalue weighted by atomic mass is 10.4. The molecule has 1 aromatic rings. The van der Waals surface area contributed by atoms with E-state index in [2.05, 4.69) is 22.1 Å². The van der Waals surface area contributed by atoms with Crippen LogP contribution in [0.1, 0.15) is 19.0 Å². The zero-order chi connectivity index (χ0) is 11.2. The lowest BCUT2D eigenvalue weighted by molar-refractivity contribution is 0.535. The summed E-state index contributed by atoms with van der Waals surface area (Å²) in [6.45, 7) is 5.96. The molecule has 0 spiro atoms. The van der Waals surface area contributed by atoms with Crippen LogP contribution in [0.15, 0.2) is 10.7 Å². The maximum absolute atomic E-state index is 5.52. The third-order valence-corrected chi connectivity index (χ3v) is 3.64. The van der Waals surface area contributed by atoms with E-state index < -0.39 is 0 Å². The molecule has 1 aromatic heterocycles. The lowest BCUT2D eigenvalue weighted by Gasteiger charge is -2.16. The molecule has 1 fully saturated rings. The molecule has 0 bridgehead atoms. The molecule has 1 aliphatic heterocycles. The Morgan fingerprint density at radius 1 is 1.50 bits per heavy atom. The number of nitrogens with zero attached hydrogens (tertiary/aromatic N) is 2. The smallest absolute Gasteiger partial charge is 0.297 e. The van der Waals surface area contributed by atoms with Gasteiger partial charge < -0.3 is 14.6 Å². The standard InChI is InChI=1S/C11H19N3OS/c1-2-12-8-10-9-15-11(13-10)14-4-3-6-16-7-5-14/h9,12H,2-8H2,1H3. The minimum absolute atomic E-state index is 0.787. The summed E-state index contributed by atoms with van der Waals surface area (Å²) in [5.41, 5.74) is 0.994. The van der Waals surface area contributed by atoms with E-state index in [1.54, 1.807) is 6.26 Å². The third kappa shape index (κ3) is 3.15. The summed E-state index contributed by atoms with van der Waals surface area (Å²) in [5, 5.41) is 3.25. The van der Waals surface area contributed by atoms with E-state index in [0.29, 0.717) is 0 Å². The van der Waals surface area contributed by atoms with E-state index in [1.165, 1.54) is 17.9 Å². The number of hydrogen-bond donors (Lipinski definition) is 1. The predicted molar refractivity (Wildman–Crippen MR) is 68.0 cm³/mol. The Hall–Kier alpha value is -0.680. The minimum Gasteiger partial charge on any atom is -0.432 e. The fourth-order valence-electron chi connectivity index (χ4n) is 1.71. The van der Waals surface area contributed by atoms with Gasteiger partial charge in [0, 0.05) is 25.4 Å². The van der Waals surface area contributed by atoms with Crippen LogP contribution in [0.4, 0.5) is 6.01 Å². The average molecular weight is 241 g/mol. The van der Waals surface area contributed by atoms with Crippen molar-refractivity contribution < 1.29 is 4.42 Å².